The number of aromatic nitrogens is 1. The van der Waals surface area contributed by atoms with Gasteiger partial charge in [-0.05, 0) is 42.7 Å². The molecule has 2 aromatic rings. The molecule has 3 rings (SSSR count). The molecule has 96 valence electrons. The van der Waals surface area contributed by atoms with Gasteiger partial charge in [-0.15, -0.1) is 0 Å². The van der Waals surface area contributed by atoms with Crippen LogP contribution in [0.25, 0.3) is 0 Å². The zero-order chi connectivity index (χ0) is 13.4. The summed E-state index contributed by atoms with van der Waals surface area (Å²) in [6.07, 6.45) is 3.46. The van der Waals surface area contributed by atoms with Crippen molar-refractivity contribution < 1.29 is 4.79 Å². The smallest absolute Gasteiger partial charge is 0.173 e. The number of ketones is 1. The molecule has 0 saturated carbocycles. The molecule has 1 aliphatic rings. The van der Waals surface area contributed by atoms with Gasteiger partial charge in [-0.2, -0.15) is 0 Å². The molecule has 2 nitrogen and oxygen atoms in total. The molecule has 19 heavy (non-hydrogen) atoms. The number of halogens is 2. The number of rotatable bonds is 2. The predicted octanol–water partition coefficient (Wildman–Crippen LogP) is 4.41. The van der Waals surface area contributed by atoms with E-state index >= 15 is 0 Å². The summed E-state index contributed by atoms with van der Waals surface area (Å²) in [7, 11) is 0. The molecule has 1 unspecified atom stereocenters. The lowest BCUT2D eigenvalue weighted by molar-refractivity contribution is 0.0958. The van der Waals surface area contributed by atoms with E-state index in [9.17, 15) is 4.79 Å². The van der Waals surface area contributed by atoms with Crippen molar-refractivity contribution in [2.75, 3.05) is 0 Å². The third-order valence-electron chi connectivity index (χ3n) is 3.47. The summed E-state index contributed by atoms with van der Waals surface area (Å²) in [5.74, 6) is -0.105. The number of nitrogens with zero attached hydrogens (tertiary/aromatic N) is 1. The number of benzene rings is 1. The number of carbonyl (C=O) groups is 1. The maximum atomic E-state index is 12.6. The summed E-state index contributed by atoms with van der Waals surface area (Å²) in [6.45, 7) is 0. The van der Waals surface area contributed by atoms with Gasteiger partial charge in [0.15, 0.2) is 5.78 Å². The van der Waals surface area contributed by atoms with E-state index in [1.54, 1.807) is 18.3 Å². The molecule has 0 spiro atoms. The molecule has 0 saturated heterocycles. The van der Waals surface area contributed by atoms with E-state index in [1.807, 2.05) is 18.2 Å². The fraction of sp³-hybridized carbons (Fsp3) is 0.200. The highest BCUT2D eigenvalue weighted by Crippen LogP contribution is 2.35. The SMILES string of the molecule is O=C(c1cc(Br)ccc1Cl)C1CCc2cccnc21. The molecule has 0 bridgehead atoms. The van der Waals surface area contributed by atoms with E-state index in [4.69, 9.17) is 11.6 Å². The van der Waals surface area contributed by atoms with Crippen LogP contribution in [-0.4, -0.2) is 10.8 Å². The first-order chi connectivity index (χ1) is 9.16. The summed E-state index contributed by atoms with van der Waals surface area (Å²) >= 11 is 9.51. The van der Waals surface area contributed by atoms with E-state index in [0.29, 0.717) is 10.6 Å². The second-order valence-electron chi connectivity index (χ2n) is 4.63. The van der Waals surface area contributed by atoms with Crippen LogP contribution in [0.3, 0.4) is 0 Å². The number of hydrogen-bond donors (Lipinski definition) is 0. The van der Waals surface area contributed by atoms with Crippen LogP contribution in [0, 0.1) is 0 Å². The average Bonchev–Trinajstić information content (AvgIpc) is 2.84. The van der Waals surface area contributed by atoms with E-state index in [0.717, 1.165) is 23.0 Å². The van der Waals surface area contributed by atoms with Crippen LogP contribution in [-0.2, 0) is 6.42 Å². The average molecular weight is 337 g/mol. The molecule has 0 fully saturated rings. The Labute approximate surface area is 124 Å². The highest BCUT2D eigenvalue weighted by atomic mass is 79.9. The molecule has 0 N–H and O–H groups in total. The molecule has 1 aromatic heterocycles. The molecule has 0 aliphatic heterocycles. The van der Waals surface area contributed by atoms with Crippen molar-refractivity contribution in [1.29, 1.82) is 0 Å². The normalized spacial score (nSPS) is 17.3. The Balaban J connectivity index is 2.00. The van der Waals surface area contributed by atoms with Gasteiger partial charge in [-0.1, -0.05) is 33.6 Å². The molecular formula is C15H11BrClNO. The summed E-state index contributed by atoms with van der Waals surface area (Å²) < 4.78 is 0.861. The van der Waals surface area contributed by atoms with Crippen LogP contribution in [0.1, 0.15) is 34.0 Å². The Morgan fingerprint density at radius 2 is 2.21 bits per heavy atom. The van der Waals surface area contributed by atoms with Crippen LogP contribution in [0.2, 0.25) is 5.02 Å². The molecule has 1 heterocycles. The number of fused-ring (bicyclic) bond motifs is 1. The third kappa shape index (κ3) is 2.33. The topological polar surface area (TPSA) is 30.0 Å². The van der Waals surface area contributed by atoms with Crippen LogP contribution in [0.5, 0.6) is 0 Å². The quantitative estimate of drug-likeness (QED) is 0.760. The maximum absolute atomic E-state index is 12.6. The van der Waals surface area contributed by atoms with Gasteiger partial charge in [0.2, 0.25) is 0 Å². The second kappa shape index (κ2) is 5.06. The highest BCUT2D eigenvalue weighted by Gasteiger charge is 2.31. The van der Waals surface area contributed by atoms with Crippen molar-refractivity contribution >= 4 is 33.3 Å². The van der Waals surface area contributed by atoms with Gasteiger partial charge in [0.1, 0.15) is 0 Å². The lowest BCUT2D eigenvalue weighted by atomic mass is 9.95. The first kappa shape index (κ1) is 12.8. The zero-order valence-electron chi connectivity index (χ0n) is 10.1. The standard InChI is InChI=1S/C15H11BrClNO/c16-10-4-6-13(17)12(8-10)15(19)11-5-3-9-2-1-7-18-14(9)11/h1-2,4,6-8,11H,3,5H2. The molecule has 1 atom stereocenters. The Kier molecular flexibility index (Phi) is 3.42. The van der Waals surface area contributed by atoms with Crippen LogP contribution < -0.4 is 0 Å². The first-order valence-electron chi connectivity index (χ1n) is 6.10. The highest BCUT2D eigenvalue weighted by molar-refractivity contribution is 9.10. The van der Waals surface area contributed by atoms with Crippen molar-refractivity contribution in [3.8, 4) is 0 Å². The molecule has 0 amide bonds. The Hall–Kier alpha value is -1.19. The molecule has 4 heteroatoms. The summed E-state index contributed by atoms with van der Waals surface area (Å²) in [5, 5.41) is 0.498. The molecule has 1 aliphatic carbocycles. The summed E-state index contributed by atoms with van der Waals surface area (Å²) in [5.41, 5.74) is 2.65. The van der Waals surface area contributed by atoms with E-state index in [2.05, 4.69) is 20.9 Å². The summed E-state index contributed by atoms with van der Waals surface area (Å²) in [4.78, 5) is 17.0. The van der Waals surface area contributed by atoms with Gasteiger partial charge >= 0.3 is 0 Å². The van der Waals surface area contributed by atoms with E-state index < -0.39 is 0 Å². The number of aryl methyl sites for hydroxylation is 1. The minimum atomic E-state index is -0.164. The van der Waals surface area contributed by atoms with Crippen LogP contribution in [0.15, 0.2) is 41.0 Å². The lowest BCUT2D eigenvalue weighted by Gasteiger charge is -2.11. The number of hydrogen-bond acceptors (Lipinski definition) is 2. The van der Waals surface area contributed by atoms with Gasteiger partial charge in [0.05, 0.1) is 16.6 Å². The van der Waals surface area contributed by atoms with Crippen molar-refractivity contribution in [2.45, 2.75) is 18.8 Å². The number of carbonyl (C=O) groups excluding carboxylic acids is 1. The molecular weight excluding hydrogens is 326 g/mol. The minimum Gasteiger partial charge on any atom is -0.293 e. The van der Waals surface area contributed by atoms with Crippen molar-refractivity contribution in [3.05, 3.63) is 62.8 Å². The zero-order valence-corrected chi connectivity index (χ0v) is 12.4. The predicted molar refractivity (Wildman–Crippen MR) is 78.8 cm³/mol. The van der Waals surface area contributed by atoms with Gasteiger partial charge in [0.25, 0.3) is 0 Å². The maximum Gasteiger partial charge on any atom is 0.173 e. The fourth-order valence-electron chi connectivity index (χ4n) is 2.54. The fourth-order valence-corrected chi connectivity index (χ4v) is 3.11. The minimum absolute atomic E-state index is 0.0590. The van der Waals surface area contributed by atoms with Crippen molar-refractivity contribution in [2.24, 2.45) is 0 Å². The van der Waals surface area contributed by atoms with E-state index in [1.165, 1.54) is 5.56 Å². The Morgan fingerprint density at radius 3 is 3.05 bits per heavy atom. The van der Waals surface area contributed by atoms with Gasteiger partial charge in [-0.3, -0.25) is 9.78 Å². The molecule has 0 radical (unpaired) electrons. The van der Waals surface area contributed by atoms with Gasteiger partial charge in [0, 0.05) is 16.2 Å². The van der Waals surface area contributed by atoms with Crippen molar-refractivity contribution in [3.63, 3.8) is 0 Å². The second-order valence-corrected chi connectivity index (χ2v) is 5.95. The third-order valence-corrected chi connectivity index (χ3v) is 4.29. The Bertz CT molecular complexity index is 656. The first-order valence-corrected chi connectivity index (χ1v) is 7.27. The van der Waals surface area contributed by atoms with E-state index in [-0.39, 0.29) is 11.7 Å². The van der Waals surface area contributed by atoms with Gasteiger partial charge < -0.3 is 0 Å². The summed E-state index contributed by atoms with van der Waals surface area (Å²) in [6, 6.07) is 9.31. The lowest BCUT2D eigenvalue weighted by Crippen LogP contribution is -2.12. The van der Waals surface area contributed by atoms with Gasteiger partial charge in [-0.25, -0.2) is 0 Å². The monoisotopic (exact) mass is 335 g/mol. The number of Topliss-reactive ketones (excluding diaryl/α,β-unsaturated/α-hetero) is 1. The van der Waals surface area contributed by atoms with Crippen LogP contribution in [0.4, 0.5) is 0 Å². The number of pyridine rings is 1. The largest absolute Gasteiger partial charge is 0.293 e. The van der Waals surface area contributed by atoms with Crippen LogP contribution >= 0.6 is 27.5 Å². The molecule has 1 aromatic carbocycles. The van der Waals surface area contributed by atoms with Crippen molar-refractivity contribution in [1.82, 2.24) is 4.98 Å². The Morgan fingerprint density at radius 1 is 1.37 bits per heavy atom.